The number of carboxylic acid groups (broad SMARTS) is 1. The molecule has 0 spiro atoms. The van der Waals surface area contributed by atoms with Crippen molar-refractivity contribution in [3.8, 4) is 5.75 Å². The van der Waals surface area contributed by atoms with Crippen LogP contribution in [0.3, 0.4) is 0 Å². The summed E-state index contributed by atoms with van der Waals surface area (Å²) in [4.78, 5) is 13.3. The molecule has 2 aromatic rings. The molecule has 3 rings (SSSR count). The van der Waals surface area contributed by atoms with Gasteiger partial charge < -0.3 is 9.84 Å². The van der Waals surface area contributed by atoms with E-state index in [1.807, 2.05) is 35.2 Å². The molecule has 1 heterocycles. The third kappa shape index (κ3) is 3.22. The molecule has 2 aromatic carbocycles. The quantitative estimate of drug-likeness (QED) is 0.921. The standard InChI is InChI=1S/C18H21NO3/c20-18(21)16-9-3-4-11-19(16)12-13-22-17-10-5-7-14-6-1-2-8-15(14)17/h1-2,5-8,10,16H,3-4,9,11-13H2,(H,20,21). The van der Waals surface area contributed by atoms with Gasteiger partial charge in [0.2, 0.25) is 0 Å². The van der Waals surface area contributed by atoms with E-state index in [-0.39, 0.29) is 6.04 Å². The fraction of sp³-hybridized carbons (Fsp3) is 0.389. The molecular formula is C18H21NO3. The highest BCUT2D eigenvalue weighted by atomic mass is 16.5. The van der Waals surface area contributed by atoms with Crippen molar-refractivity contribution in [1.29, 1.82) is 0 Å². The van der Waals surface area contributed by atoms with E-state index in [0.717, 1.165) is 42.3 Å². The average molecular weight is 299 g/mol. The van der Waals surface area contributed by atoms with Crippen molar-refractivity contribution in [1.82, 2.24) is 4.90 Å². The van der Waals surface area contributed by atoms with Crippen molar-refractivity contribution in [3.05, 3.63) is 42.5 Å². The van der Waals surface area contributed by atoms with Crippen LogP contribution in [0.15, 0.2) is 42.5 Å². The maximum Gasteiger partial charge on any atom is 0.320 e. The second-order valence-electron chi connectivity index (χ2n) is 5.71. The third-order valence-corrected chi connectivity index (χ3v) is 4.28. The number of benzene rings is 2. The van der Waals surface area contributed by atoms with Crippen molar-refractivity contribution in [2.24, 2.45) is 0 Å². The number of hydrogen-bond acceptors (Lipinski definition) is 3. The van der Waals surface area contributed by atoms with Gasteiger partial charge in [-0.15, -0.1) is 0 Å². The van der Waals surface area contributed by atoms with Gasteiger partial charge in [-0.2, -0.15) is 0 Å². The first-order chi connectivity index (χ1) is 10.8. The molecule has 0 aromatic heterocycles. The largest absolute Gasteiger partial charge is 0.492 e. The van der Waals surface area contributed by atoms with Crippen LogP contribution in [0.5, 0.6) is 5.75 Å². The van der Waals surface area contributed by atoms with Gasteiger partial charge in [0.1, 0.15) is 18.4 Å². The van der Waals surface area contributed by atoms with E-state index in [4.69, 9.17) is 4.74 Å². The van der Waals surface area contributed by atoms with Crippen molar-refractivity contribution >= 4 is 16.7 Å². The maximum absolute atomic E-state index is 11.3. The Labute approximate surface area is 130 Å². The minimum absolute atomic E-state index is 0.357. The summed E-state index contributed by atoms with van der Waals surface area (Å²) in [6.07, 6.45) is 2.80. The van der Waals surface area contributed by atoms with Crippen molar-refractivity contribution < 1.29 is 14.6 Å². The van der Waals surface area contributed by atoms with Crippen LogP contribution < -0.4 is 4.74 Å². The van der Waals surface area contributed by atoms with Crippen LogP contribution >= 0.6 is 0 Å². The monoisotopic (exact) mass is 299 g/mol. The van der Waals surface area contributed by atoms with Crippen LogP contribution in [0.2, 0.25) is 0 Å². The Morgan fingerprint density at radius 3 is 2.86 bits per heavy atom. The number of piperidine rings is 1. The summed E-state index contributed by atoms with van der Waals surface area (Å²) in [6, 6.07) is 13.8. The van der Waals surface area contributed by atoms with Gasteiger partial charge >= 0.3 is 5.97 Å². The Balaban J connectivity index is 1.63. The number of nitrogens with zero attached hydrogens (tertiary/aromatic N) is 1. The molecule has 4 nitrogen and oxygen atoms in total. The number of carboxylic acids is 1. The van der Waals surface area contributed by atoms with Crippen LogP contribution in [-0.2, 0) is 4.79 Å². The van der Waals surface area contributed by atoms with Crippen LogP contribution in [0, 0.1) is 0 Å². The number of carbonyl (C=O) groups is 1. The highest BCUT2D eigenvalue weighted by Crippen LogP contribution is 2.25. The molecule has 1 aliphatic heterocycles. The zero-order valence-electron chi connectivity index (χ0n) is 12.6. The number of fused-ring (bicyclic) bond motifs is 1. The van der Waals surface area contributed by atoms with E-state index in [1.54, 1.807) is 0 Å². The van der Waals surface area contributed by atoms with Gasteiger partial charge in [0.15, 0.2) is 0 Å². The summed E-state index contributed by atoms with van der Waals surface area (Å²) < 4.78 is 5.92. The first kappa shape index (κ1) is 14.9. The molecule has 0 aliphatic carbocycles. The van der Waals surface area contributed by atoms with E-state index in [0.29, 0.717) is 13.2 Å². The van der Waals surface area contributed by atoms with Gasteiger partial charge in [-0.1, -0.05) is 42.8 Å². The average Bonchev–Trinajstić information content (AvgIpc) is 2.55. The zero-order chi connectivity index (χ0) is 15.4. The summed E-state index contributed by atoms with van der Waals surface area (Å²) in [7, 11) is 0. The Morgan fingerprint density at radius 2 is 2.00 bits per heavy atom. The van der Waals surface area contributed by atoms with E-state index >= 15 is 0 Å². The Bertz CT molecular complexity index is 650. The summed E-state index contributed by atoms with van der Waals surface area (Å²) in [6.45, 7) is 2.01. The third-order valence-electron chi connectivity index (χ3n) is 4.28. The van der Waals surface area contributed by atoms with Crippen LogP contribution in [0.1, 0.15) is 19.3 Å². The summed E-state index contributed by atoms with van der Waals surface area (Å²) >= 11 is 0. The molecule has 1 aliphatic rings. The number of ether oxygens (including phenoxy) is 1. The minimum atomic E-state index is -0.718. The lowest BCUT2D eigenvalue weighted by Gasteiger charge is -2.32. The number of aliphatic carboxylic acids is 1. The summed E-state index contributed by atoms with van der Waals surface area (Å²) in [5.41, 5.74) is 0. The SMILES string of the molecule is O=C(O)C1CCCCN1CCOc1cccc2ccccc12. The van der Waals surface area contributed by atoms with Crippen molar-refractivity contribution in [2.75, 3.05) is 19.7 Å². The lowest BCUT2D eigenvalue weighted by Crippen LogP contribution is -2.46. The van der Waals surface area contributed by atoms with E-state index in [9.17, 15) is 9.90 Å². The van der Waals surface area contributed by atoms with Gasteiger partial charge in [0.25, 0.3) is 0 Å². The number of likely N-dealkylation sites (tertiary alicyclic amines) is 1. The van der Waals surface area contributed by atoms with Crippen LogP contribution in [0.4, 0.5) is 0 Å². The number of hydrogen-bond donors (Lipinski definition) is 1. The van der Waals surface area contributed by atoms with E-state index in [1.165, 1.54) is 0 Å². The molecule has 4 heteroatoms. The minimum Gasteiger partial charge on any atom is -0.492 e. The molecule has 22 heavy (non-hydrogen) atoms. The molecule has 1 saturated heterocycles. The second kappa shape index (κ2) is 6.79. The molecule has 1 fully saturated rings. The van der Waals surface area contributed by atoms with Crippen LogP contribution in [0.25, 0.3) is 10.8 Å². The molecule has 0 bridgehead atoms. The maximum atomic E-state index is 11.3. The predicted molar refractivity (Wildman–Crippen MR) is 86.3 cm³/mol. The van der Waals surface area contributed by atoms with Crippen LogP contribution in [-0.4, -0.2) is 41.7 Å². The highest BCUT2D eigenvalue weighted by molar-refractivity contribution is 5.88. The molecule has 116 valence electrons. The Hall–Kier alpha value is -2.07. The Kier molecular flexibility index (Phi) is 4.59. The highest BCUT2D eigenvalue weighted by Gasteiger charge is 2.27. The first-order valence-corrected chi connectivity index (χ1v) is 7.83. The molecular weight excluding hydrogens is 278 g/mol. The van der Waals surface area contributed by atoms with Gasteiger partial charge in [-0.25, -0.2) is 0 Å². The lowest BCUT2D eigenvalue weighted by molar-refractivity contribution is -0.144. The Morgan fingerprint density at radius 1 is 1.18 bits per heavy atom. The molecule has 1 unspecified atom stereocenters. The van der Waals surface area contributed by atoms with Gasteiger partial charge in [0.05, 0.1) is 0 Å². The molecule has 0 amide bonds. The fourth-order valence-corrected chi connectivity index (χ4v) is 3.13. The van der Waals surface area contributed by atoms with E-state index < -0.39 is 5.97 Å². The normalized spacial score (nSPS) is 19.2. The fourth-order valence-electron chi connectivity index (χ4n) is 3.13. The van der Waals surface area contributed by atoms with E-state index in [2.05, 4.69) is 12.1 Å². The second-order valence-corrected chi connectivity index (χ2v) is 5.71. The molecule has 0 saturated carbocycles. The topological polar surface area (TPSA) is 49.8 Å². The lowest BCUT2D eigenvalue weighted by atomic mass is 10.0. The number of rotatable bonds is 5. The smallest absolute Gasteiger partial charge is 0.320 e. The summed E-state index contributed by atoms with van der Waals surface area (Å²) in [5.74, 6) is 0.145. The van der Waals surface area contributed by atoms with Gasteiger partial charge in [0, 0.05) is 11.9 Å². The van der Waals surface area contributed by atoms with Gasteiger partial charge in [-0.05, 0) is 30.8 Å². The first-order valence-electron chi connectivity index (χ1n) is 7.83. The van der Waals surface area contributed by atoms with Gasteiger partial charge in [-0.3, -0.25) is 9.69 Å². The zero-order valence-corrected chi connectivity index (χ0v) is 12.6. The predicted octanol–water partition coefficient (Wildman–Crippen LogP) is 3.16. The summed E-state index contributed by atoms with van der Waals surface area (Å²) in [5, 5.41) is 11.5. The molecule has 1 atom stereocenters. The van der Waals surface area contributed by atoms with Crippen molar-refractivity contribution in [3.63, 3.8) is 0 Å². The van der Waals surface area contributed by atoms with Crippen molar-refractivity contribution in [2.45, 2.75) is 25.3 Å². The molecule has 1 N–H and O–H groups in total. The molecule has 0 radical (unpaired) electrons.